The van der Waals surface area contributed by atoms with Crippen molar-refractivity contribution < 1.29 is 0 Å². The number of aromatic nitrogens is 2. The van der Waals surface area contributed by atoms with Crippen molar-refractivity contribution >= 4 is 11.6 Å². The third-order valence-corrected chi connectivity index (χ3v) is 4.00. The number of hydrogen-bond donors (Lipinski definition) is 1. The van der Waals surface area contributed by atoms with Gasteiger partial charge >= 0.3 is 0 Å². The third-order valence-electron chi connectivity index (χ3n) is 3.44. The lowest BCUT2D eigenvalue weighted by atomic mass is 10.1. The van der Waals surface area contributed by atoms with E-state index in [1.807, 2.05) is 11.7 Å². The maximum absolute atomic E-state index is 5.94. The zero-order valence-corrected chi connectivity index (χ0v) is 10.8. The van der Waals surface area contributed by atoms with Gasteiger partial charge in [-0.1, -0.05) is 6.92 Å². The van der Waals surface area contributed by atoms with E-state index in [0.29, 0.717) is 5.41 Å². The molecule has 1 aromatic rings. The van der Waals surface area contributed by atoms with Crippen LogP contribution in [0, 0.1) is 5.41 Å². The Hall–Kier alpha value is -0.540. The van der Waals surface area contributed by atoms with E-state index in [2.05, 4.69) is 23.4 Å². The van der Waals surface area contributed by atoms with Crippen molar-refractivity contribution in [2.24, 2.45) is 12.5 Å². The molecule has 1 saturated carbocycles. The topological polar surface area (TPSA) is 29.9 Å². The summed E-state index contributed by atoms with van der Waals surface area (Å²) in [5, 5.41) is 7.92. The molecule has 0 aliphatic heterocycles. The zero-order chi connectivity index (χ0) is 11.6. The molecule has 3 nitrogen and oxygen atoms in total. The van der Waals surface area contributed by atoms with Gasteiger partial charge in [-0.05, 0) is 30.7 Å². The van der Waals surface area contributed by atoms with Gasteiger partial charge < -0.3 is 5.32 Å². The first kappa shape index (κ1) is 11.9. The van der Waals surface area contributed by atoms with Crippen molar-refractivity contribution in [2.75, 3.05) is 12.4 Å². The third kappa shape index (κ3) is 2.58. The minimum Gasteiger partial charge on any atom is -0.311 e. The maximum atomic E-state index is 5.94. The Kier molecular flexibility index (Phi) is 3.55. The standard InChI is InChI=1S/C12H20ClN3/c1-3-10-6-11(16(2)15-10)7-14-9-12(8-13)4-5-12/h6,14H,3-5,7-9H2,1-2H3. The van der Waals surface area contributed by atoms with Crippen LogP contribution in [0.2, 0.25) is 0 Å². The largest absolute Gasteiger partial charge is 0.311 e. The molecular formula is C12H20ClN3. The van der Waals surface area contributed by atoms with Crippen LogP contribution in [0.15, 0.2) is 6.07 Å². The van der Waals surface area contributed by atoms with E-state index in [4.69, 9.17) is 11.6 Å². The minimum atomic E-state index is 0.397. The van der Waals surface area contributed by atoms with Gasteiger partial charge in [0, 0.05) is 26.0 Å². The number of nitrogens with one attached hydrogen (secondary N) is 1. The van der Waals surface area contributed by atoms with Crippen LogP contribution < -0.4 is 5.32 Å². The summed E-state index contributed by atoms with van der Waals surface area (Å²) in [5.41, 5.74) is 2.81. The smallest absolute Gasteiger partial charge is 0.0625 e. The van der Waals surface area contributed by atoms with Crippen LogP contribution >= 0.6 is 11.6 Å². The van der Waals surface area contributed by atoms with Crippen molar-refractivity contribution in [1.29, 1.82) is 0 Å². The summed E-state index contributed by atoms with van der Waals surface area (Å²) in [4.78, 5) is 0. The van der Waals surface area contributed by atoms with Crippen LogP contribution in [-0.2, 0) is 20.0 Å². The Bertz CT molecular complexity index is 355. The van der Waals surface area contributed by atoms with Crippen LogP contribution in [-0.4, -0.2) is 22.2 Å². The molecule has 2 rings (SSSR count). The summed E-state index contributed by atoms with van der Waals surface area (Å²) in [6, 6.07) is 2.17. The Morgan fingerprint density at radius 2 is 2.31 bits per heavy atom. The molecule has 0 spiro atoms. The number of nitrogens with zero attached hydrogens (tertiary/aromatic N) is 2. The van der Waals surface area contributed by atoms with Gasteiger partial charge in [-0.25, -0.2) is 0 Å². The molecule has 1 aliphatic carbocycles. The summed E-state index contributed by atoms with van der Waals surface area (Å²) >= 11 is 5.94. The SMILES string of the molecule is CCc1cc(CNCC2(CCl)CC2)n(C)n1. The predicted molar refractivity (Wildman–Crippen MR) is 66.7 cm³/mol. The first-order chi connectivity index (χ1) is 7.69. The van der Waals surface area contributed by atoms with Crippen LogP contribution in [0.1, 0.15) is 31.2 Å². The fraction of sp³-hybridized carbons (Fsp3) is 0.750. The van der Waals surface area contributed by atoms with E-state index in [-0.39, 0.29) is 0 Å². The molecule has 0 saturated heterocycles. The van der Waals surface area contributed by atoms with Gasteiger partial charge in [0.2, 0.25) is 0 Å². The molecule has 1 aliphatic rings. The van der Waals surface area contributed by atoms with E-state index in [1.165, 1.54) is 18.5 Å². The molecule has 16 heavy (non-hydrogen) atoms. The number of halogens is 1. The first-order valence-electron chi connectivity index (χ1n) is 5.97. The molecule has 1 N–H and O–H groups in total. The quantitative estimate of drug-likeness (QED) is 0.773. The summed E-state index contributed by atoms with van der Waals surface area (Å²) < 4.78 is 1.96. The fourth-order valence-electron chi connectivity index (χ4n) is 1.90. The van der Waals surface area contributed by atoms with Crippen LogP contribution in [0.4, 0.5) is 0 Å². The van der Waals surface area contributed by atoms with Crippen LogP contribution in [0.5, 0.6) is 0 Å². The van der Waals surface area contributed by atoms with E-state index >= 15 is 0 Å². The first-order valence-corrected chi connectivity index (χ1v) is 6.51. The molecule has 4 heteroatoms. The van der Waals surface area contributed by atoms with Gasteiger partial charge in [-0.15, -0.1) is 11.6 Å². The second kappa shape index (κ2) is 4.76. The normalized spacial score (nSPS) is 17.7. The van der Waals surface area contributed by atoms with Gasteiger partial charge in [0.05, 0.1) is 11.4 Å². The number of rotatable bonds is 6. The number of hydrogen-bond acceptors (Lipinski definition) is 2. The molecule has 0 amide bonds. The highest BCUT2D eigenvalue weighted by Gasteiger charge is 2.41. The molecule has 0 radical (unpaired) electrons. The molecule has 1 aromatic heterocycles. The Morgan fingerprint density at radius 3 is 2.81 bits per heavy atom. The van der Waals surface area contributed by atoms with Crippen molar-refractivity contribution in [3.8, 4) is 0 Å². The summed E-state index contributed by atoms with van der Waals surface area (Å²) in [5.74, 6) is 0.783. The Morgan fingerprint density at radius 1 is 1.56 bits per heavy atom. The van der Waals surface area contributed by atoms with Crippen molar-refractivity contribution in [1.82, 2.24) is 15.1 Å². The van der Waals surface area contributed by atoms with Crippen molar-refractivity contribution in [3.63, 3.8) is 0 Å². The van der Waals surface area contributed by atoms with Gasteiger partial charge in [0.1, 0.15) is 0 Å². The molecule has 1 fully saturated rings. The highest BCUT2D eigenvalue weighted by molar-refractivity contribution is 6.18. The van der Waals surface area contributed by atoms with Gasteiger partial charge in [-0.3, -0.25) is 4.68 Å². The highest BCUT2D eigenvalue weighted by atomic mass is 35.5. The Balaban J connectivity index is 1.82. The lowest BCUT2D eigenvalue weighted by molar-refractivity contribution is 0.494. The molecular weight excluding hydrogens is 222 g/mol. The number of alkyl halides is 1. The van der Waals surface area contributed by atoms with E-state index in [1.54, 1.807) is 0 Å². The van der Waals surface area contributed by atoms with Gasteiger partial charge in [0.15, 0.2) is 0 Å². The van der Waals surface area contributed by atoms with Gasteiger partial charge in [-0.2, -0.15) is 5.10 Å². The monoisotopic (exact) mass is 241 g/mol. The van der Waals surface area contributed by atoms with E-state index in [0.717, 1.165) is 31.1 Å². The van der Waals surface area contributed by atoms with Crippen LogP contribution in [0.3, 0.4) is 0 Å². The van der Waals surface area contributed by atoms with Crippen molar-refractivity contribution in [2.45, 2.75) is 32.7 Å². The summed E-state index contributed by atoms with van der Waals surface area (Å²) in [7, 11) is 2.00. The molecule has 0 aromatic carbocycles. The second-order valence-corrected chi connectivity index (χ2v) is 5.11. The average Bonchev–Trinajstić information content (AvgIpc) is 2.98. The lowest BCUT2D eigenvalue weighted by Crippen LogP contribution is -2.25. The Labute approximate surface area is 102 Å². The second-order valence-electron chi connectivity index (χ2n) is 4.84. The van der Waals surface area contributed by atoms with E-state index in [9.17, 15) is 0 Å². The van der Waals surface area contributed by atoms with Gasteiger partial charge in [0.25, 0.3) is 0 Å². The van der Waals surface area contributed by atoms with E-state index < -0.39 is 0 Å². The van der Waals surface area contributed by atoms with Crippen LogP contribution in [0.25, 0.3) is 0 Å². The molecule has 90 valence electrons. The highest BCUT2D eigenvalue weighted by Crippen LogP contribution is 2.45. The summed E-state index contributed by atoms with van der Waals surface area (Å²) in [6.07, 6.45) is 3.55. The predicted octanol–water partition coefficient (Wildman–Crippen LogP) is 2.09. The molecule has 0 bridgehead atoms. The van der Waals surface area contributed by atoms with Crippen molar-refractivity contribution in [3.05, 3.63) is 17.5 Å². The minimum absolute atomic E-state index is 0.397. The average molecular weight is 242 g/mol. The lowest BCUT2D eigenvalue weighted by Gasteiger charge is -2.12. The maximum Gasteiger partial charge on any atom is 0.0625 e. The molecule has 0 atom stereocenters. The zero-order valence-electron chi connectivity index (χ0n) is 10.1. The number of aryl methyl sites for hydroxylation is 2. The fourth-order valence-corrected chi connectivity index (χ4v) is 2.26. The molecule has 0 unspecified atom stereocenters. The summed E-state index contributed by atoms with van der Waals surface area (Å²) in [6.45, 7) is 4.05. The molecule has 1 heterocycles.